The fraction of sp³-hybridized carbons (Fsp3) is 0.190. The summed E-state index contributed by atoms with van der Waals surface area (Å²) < 4.78 is 24.6. The van der Waals surface area contributed by atoms with Crippen LogP contribution in [-0.2, 0) is 6.54 Å². The molecule has 1 heterocycles. The summed E-state index contributed by atoms with van der Waals surface area (Å²) in [4.78, 5) is 6.56. The van der Waals surface area contributed by atoms with Gasteiger partial charge in [-0.05, 0) is 42.8 Å². The second kappa shape index (κ2) is 8.40. The topological polar surface area (TPSA) is 60.6 Å². The SMILES string of the molecule is CCN(Cc1ccc(OC)cc1)c1cc(Oc2ccc(N)c(F)c2)ccn1. The average molecular weight is 367 g/mol. The molecule has 27 heavy (non-hydrogen) atoms. The molecule has 6 heteroatoms. The molecule has 0 amide bonds. The van der Waals surface area contributed by atoms with Crippen LogP contribution in [0.2, 0.25) is 0 Å². The van der Waals surface area contributed by atoms with E-state index in [9.17, 15) is 4.39 Å². The summed E-state index contributed by atoms with van der Waals surface area (Å²) in [5.41, 5.74) is 6.74. The number of hydrogen-bond acceptors (Lipinski definition) is 5. The van der Waals surface area contributed by atoms with Gasteiger partial charge in [-0.1, -0.05) is 12.1 Å². The lowest BCUT2D eigenvalue weighted by atomic mass is 10.2. The minimum absolute atomic E-state index is 0.0921. The summed E-state index contributed by atoms with van der Waals surface area (Å²) in [6.45, 7) is 3.54. The number of pyridine rings is 1. The van der Waals surface area contributed by atoms with Crippen molar-refractivity contribution in [3.05, 3.63) is 72.2 Å². The number of methoxy groups -OCH3 is 1. The van der Waals surface area contributed by atoms with E-state index in [0.29, 0.717) is 18.0 Å². The third kappa shape index (κ3) is 4.67. The molecule has 0 fully saturated rings. The number of nitrogens with two attached hydrogens (primary N) is 1. The first-order valence-electron chi connectivity index (χ1n) is 8.66. The van der Waals surface area contributed by atoms with Crippen molar-refractivity contribution in [3.8, 4) is 17.2 Å². The highest BCUT2D eigenvalue weighted by Gasteiger charge is 2.10. The van der Waals surface area contributed by atoms with Gasteiger partial charge in [0.2, 0.25) is 0 Å². The van der Waals surface area contributed by atoms with Crippen LogP contribution in [0.5, 0.6) is 17.2 Å². The van der Waals surface area contributed by atoms with Gasteiger partial charge in [-0.3, -0.25) is 0 Å². The van der Waals surface area contributed by atoms with Crippen molar-refractivity contribution in [3.63, 3.8) is 0 Å². The first-order valence-corrected chi connectivity index (χ1v) is 8.66. The Morgan fingerprint density at radius 3 is 2.37 bits per heavy atom. The van der Waals surface area contributed by atoms with Crippen LogP contribution in [0.3, 0.4) is 0 Å². The van der Waals surface area contributed by atoms with Gasteiger partial charge in [-0.15, -0.1) is 0 Å². The third-order valence-corrected chi connectivity index (χ3v) is 4.16. The molecule has 3 rings (SSSR count). The summed E-state index contributed by atoms with van der Waals surface area (Å²) >= 11 is 0. The predicted octanol–water partition coefficient (Wildman–Crippen LogP) is 4.63. The number of nitrogen functional groups attached to an aromatic ring is 1. The fourth-order valence-electron chi connectivity index (χ4n) is 2.65. The van der Waals surface area contributed by atoms with Gasteiger partial charge in [0.05, 0.1) is 12.8 Å². The van der Waals surface area contributed by atoms with Gasteiger partial charge in [0.15, 0.2) is 0 Å². The molecular formula is C21H22FN3O2. The van der Waals surface area contributed by atoms with Crippen LogP contribution >= 0.6 is 0 Å². The third-order valence-electron chi connectivity index (χ3n) is 4.16. The Morgan fingerprint density at radius 2 is 1.70 bits per heavy atom. The second-order valence-electron chi connectivity index (χ2n) is 6.00. The van der Waals surface area contributed by atoms with Gasteiger partial charge < -0.3 is 20.1 Å². The van der Waals surface area contributed by atoms with Crippen molar-refractivity contribution in [2.75, 3.05) is 24.3 Å². The number of hydrogen-bond donors (Lipinski definition) is 1. The molecule has 1 aromatic heterocycles. The van der Waals surface area contributed by atoms with E-state index < -0.39 is 5.82 Å². The second-order valence-corrected chi connectivity index (χ2v) is 6.00. The van der Waals surface area contributed by atoms with Crippen molar-refractivity contribution in [2.45, 2.75) is 13.5 Å². The summed E-state index contributed by atoms with van der Waals surface area (Å²) in [6.07, 6.45) is 1.68. The van der Waals surface area contributed by atoms with E-state index in [1.54, 1.807) is 25.4 Å². The Kier molecular flexibility index (Phi) is 5.76. The Hall–Kier alpha value is -3.28. The highest BCUT2D eigenvalue weighted by Crippen LogP contribution is 2.27. The lowest BCUT2D eigenvalue weighted by molar-refractivity contribution is 0.414. The van der Waals surface area contributed by atoms with Crippen LogP contribution in [0.15, 0.2) is 60.8 Å². The van der Waals surface area contributed by atoms with Crippen LogP contribution in [0.1, 0.15) is 12.5 Å². The monoisotopic (exact) mass is 367 g/mol. The van der Waals surface area contributed by atoms with Gasteiger partial charge in [-0.25, -0.2) is 9.37 Å². The molecule has 0 atom stereocenters. The molecule has 0 aliphatic carbocycles. The standard InChI is InChI=1S/C21H22FN3O2/c1-3-25(14-15-4-6-16(26-2)7-5-15)21-13-18(10-11-24-21)27-17-8-9-20(23)19(22)12-17/h4-13H,3,14,23H2,1-2H3. The van der Waals surface area contributed by atoms with Crippen molar-refractivity contribution in [2.24, 2.45) is 0 Å². The molecule has 0 spiro atoms. The van der Waals surface area contributed by atoms with E-state index >= 15 is 0 Å². The minimum atomic E-state index is -0.503. The molecule has 0 saturated carbocycles. The minimum Gasteiger partial charge on any atom is -0.497 e. The zero-order valence-electron chi connectivity index (χ0n) is 15.4. The zero-order valence-corrected chi connectivity index (χ0v) is 15.4. The lowest BCUT2D eigenvalue weighted by Crippen LogP contribution is -2.22. The van der Waals surface area contributed by atoms with E-state index in [1.165, 1.54) is 12.1 Å². The van der Waals surface area contributed by atoms with Gasteiger partial charge in [-0.2, -0.15) is 0 Å². The van der Waals surface area contributed by atoms with Crippen molar-refractivity contribution >= 4 is 11.5 Å². The van der Waals surface area contributed by atoms with E-state index in [0.717, 1.165) is 23.7 Å². The quantitative estimate of drug-likeness (QED) is 0.617. The smallest absolute Gasteiger partial charge is 0.149 e. The van der Waals surface area contributed by atoms with Crippen molar-refractivity contribution < 1.29 is 13.9 Å². The highest BCUT2D eigenvalue weighted by molar-refractivity contribution is 5.48. The number of rotatable bonds is 7. The van der Waals surface area contributed by atoms with Crippen LogP contribution in [0.4, 0.5) is 15.9 Å². The Morgan fingerprint density at radius 1 is 1.00 bits per heavy atom. The lowest BCUT2D eigenvalue weighted by Gasteiger charge is -2.22. The number of anilines is 2. The Bertz CT molecular complexity index is 900. The largest absolute Gasteiger partial charge is 0.497 e. The number of aromatic nitrogens is 1. The molecule has 0 bridgehead atoms. The van der Waals surface area contributed by atoms with Crippen LogP contribution in [0, 0.1) is 5.82 Å². The zero-order chi connectivity index (χ0) is 19.2. The number of benzene rings is 2. The number of ether oxygens (including phenoxy) is 2. The average Bonchev–Trinajstić information content (AvgIpc) is 2.69. The molecule has 140 valence electrons. The molecule has 0 aliphatic rings. The summed E-state index contributed by atoms with van der Waals surface area (Å²) in [7, 11) is 1.65. The summed E-state index contributed by atoms with van der Waals surface area (Å²) in [5.74, 6) is 2.07. The Balaban J connectivity index is 1.76. The number of halogens is 1. The van der Waals surface area contributed by atoms with E-state index in [2.05, 4.69) is 16.8 Å². The van der Waals surface area contributed by atoms with Gasteiger partial charge in [0, 0.05) is 31.4 Å². The molecular weight excluding hydrogens is 345 g/mol. The van der Waals surface area contributed by atoms with Gasteiger partial charge in [0.25, 0.3) is 0 Å². The maximum absolute atomic E-state index is 13.6. The Labute approximate surface area is 158 Å². The fourth-order valence-corrected chi connectivity index (χ4v) is 2.65. The molecule has 2 aromatic carbocycles. The summed E-state index contributed by atoms with van der Waals surface area (Å²) in [6, 6.07) is 15.9. The van der Waals surface area contributed by atoms with Gasteiger partial charge in [0.1, 0.15) is 28.9 Å². The highest BCUT2D eigenvalue weighted by atomic mass is 19.1. The molecule has 0 saturated heterocycles. The summed E-state index contributed by atoms with van der Waals surface area (Å²) in [5, 5.41) is 0. The van der Waals surface area contributed by atoms with E-state index in [1.807, 2.05) is 30.3 Å². The van der Waals surface area contributed by atoms with E-state index in [-0.39, 0.29) is 5.69 Å². The predicted molar refractivity (Wildman–Crippen MR) is 105 cm³/mol. The molecule has 0 unspecified atom stereocenters. The molecule has 2 N–H and O–H groups in total. The van der Waals surface area contributed by atoms with E-state index in [4.69, 9.17) is 15.2 Å². The first-order chi connectivity index (χ1) is 13.1. The first kappa shape index (κ1) is 18.5. The van der Waals surface area contributed by atoms with Crippen LogP contribution in [-0.4, -0.2) is 18.6 Å². The molecule has 0 radical (unpaired) electrons. The maximum Gasteiger partial charge on any atom is 0.149 e. The molecule has 3 aromatic rings. The normalized spacial score (nSPS) is 10.5. The van der Waals surface area contributed by atoms with Crippen LogP contribution < -0.4 is 20.1 Å². The molecule has 0 aliphatic heterocycles. The van der Waals surface area contributed by atoms with Gasteiger partial charge >= 0.3 is 0 Å². The number of nitrogens with zero attached hydrogens (tertiary/aromatic N) is 2. The van der Waals surface area contributed by atoms with Crippen molar-refractivity contribution in [1.82, 2.24) is 4.98 Å². The van der Waals surface area contributed by atoms with Crippen LogP contribution in [0.25, 0.3) is 0 Å². The van der Waals surface area contributed by atoms with Crippen molar-refractivity contribution in [1.29, 1.82) is 0 Å². The molecule has 5 nitrogen and oxygen atoms in total. The maximum atomic E-state index is 13.6.